The van der Waals surface area contributed by atoms with Gasteiger partial charge in [-0.3, -0.25) is 4.57 Å². The van der Waals surface area contributed by atoms with Gasteiger partial charge in [0.05, 0.1) is 10.9 Å². The maximum Gasteiger partial charge on any atom is 0.526 e. The zero-order valence-corrected chi connectivity index (χ0v) is 13.5. The van der Waals surface area contributed by atoms with Crippen LogP contribution in [0.3, 0.4) is 0 Å². The number of hydrogen-bond acceptors (Lipinski definition) is 2. The Morgan fingerprint density at radius 1 is 1.13 bits per heavy atom. The summed E-state index contributed by atoms with van der Waals surface area (Å²) >= 11 is 0. The highest BCUT2D eigenvalue weighted by Crippen LogP contribution is 2.36. The normalized spacial score (nSPS) is 14.5. The van der Waals surface area contributed by atoms with Crippen LogP contribution in [0.15, 0.2) is 59.2 Å². The summed E-state index contributed by atoms with van der Waals surface area (Å²) in [5.41, 5.74) is 2.66. The minimum Gasteiger partial charge on any atom is -0.321 e. The van der Waals surface area contributed by atoms with E-state index in [4.69, 9.17) is 13.1 Å². The largest absolute Gasteiger partial charge is 0.526 e. The summed E-state index contributed by atoms with van der Waals surface area (Å²) in [7, 11) is -4.33. The zero-order chi connectivity index (χ0) is 17.2. The Hall–Kier alpha value is -2.63. The fraction of sp³-hybridized carbons (Fsp3) is 0.125. The van der Waals surface area contributed by atoms with Crippen molar-refractivity contribution in [1.82, 2.24) is 0 Å². The molecule has 1 aliphatic heterocycles. The van der Waals surface area contributed by atoms with Crippen LogP contribution in [-0.2, 0) is 4.57 Å². The van der Waals surface area contributed by atoms with E-state index in [-0.39, 0.29) is 11.1 Å². The molecule has 0 amide bonds. The summed E-state index contributed by atoms with van der Waals surface area (Å²) in [5, 5.41) is -0.0556. The highest BCUT2D eigenvalue weighted by molar-refractivity contribution is 7.60. The van der Waals surface area contributed by atoms with Crippen LogP contribution in [0.5, 0.6) is 0 Å². The van der Waals surface area contributed by atoms with E-state index in [1.807, 2.05) is 18.7 Å². The molecule has 0 bridgehead atoms. The molecule has 1 aliphatic rings. The Labute approximate surface area is 134 Å². The quantitative estimate of drug-likeness (QED) is 0.647. The van der Waals surface area contributed by atoms with Crippen LogP contribution in [0.2, 0.25) is 0 Å². The molecule has 6 nitrogen and oxygen atoms in total. The van der Waals surface area contributed by atoms with Gasteiger partial charge in [0, 0.05) is 17.1 Å². The molecule has 0 aromatic heterocycles. The van der Waals surface area contributed by atoms with Gasteiger partial charge in [0.1, 0.15) is 13.1 Å². The van der Waals surface area contributed by atoms with Gasteiger partial charge in [-0.05, 0) is 44.2 Å². The molecule has 0 saturated heterocycles. The molecule has 2 rings (SSSR count). The molecule has 0 aliphatic carbocycles. The van der Waals surface area contributed by atoms with Gasteiger partial charge in [-0.1, -0.05) is 6.07 Å². The van der Waals surface area contributed by atoms with E-state index in [1.54, 1.807) is 24.3 Å². The van der Waals surface area contributed by atoms with E-state index in [9.17, 15) is 14.4 Å². The van der Waals surface area contributed by atoms with Crippen molar-refractivity contribution < 1.29 is 14.4 Å². The van der Waals surface area contributed by atoms with Crippen LogP contribution in [-0.4, -0.2) is 9.79 Å². The van der Waals surface area contributed by atoms with E-state index in [0.717, 1.165) is 11.4 Å². The lowest BCUT2D eigenvalue weighted by atomic mass is 10.1. The summed E-state index contributed by atoms with van der Waals surface area (Å²) in [4.78, 5) is 26.9. The van der Waals surface area contributed by atoms with Gasteiger partial charge in [0.15, 0.2) is 0 Å². The molecule has 0 radical (unpaired) electrons. The van der Waals surface area contributed by atoms with Crippen molar-refractivity contribution in [2.24, 2.45) is 0 Å². The second-order valence-electron chi connectivity index (χ2n) is 4.97. The summed E-state index contributed by atoms with van der Waals surface area (Å²) < 4.78 is 11.4. The third-order valence-electron chi connectivity index (χ3n) is 3.33. The maximum atomic E-state index is 11.4. The molecule has 2 N–H and O–H groups in total. The molecule has 23 heavy (non-hydrogen) atoms. The molecule has 0 saturated carbocycles. The van der Waals surface area contributed by atoms with E-state index in [2.05, 4.69) is 9.69 Å². The van der Waals surface area contributed by atoms with Gasteiger partial charge < -0.3 is 14.7 Å². The Kier molecular flexibility index (Phi) is 4.54. The Bertz CT molecular complexity index is 841. The molecule has 7 heteroatoms. The molecular formula is C16H14N3O3P. The Morgan fingerprint density at radius 3 is 2.17 bits per heavy atom. The number of hydrogen-bond donors (Lipinski definition) is 2. The average Bonchev–Trinajstić information content (AvgIpc) is 2.47. The highest BCUT2D eigenvalue weighted by atomic mass is 31.2. The van der Waals surface area contributed by atoms with Crippen molar-refractivity contribution in [2.75, 3.05) is 4.90 Å². The third-order valence-corrected chi connectivity index (χ3v) is 4.28. The van der Waals surface area contributed by atoms with Gasteiger partial charge in [-0.25, -0.2) is 0 Å². The second-order valence-corrected chi connectivity index (χ2v) is 6.58. The number of allylic oxidation sites excluding steroid dienone is 5. The fourth-order valence-electron chi connectivity index (χ4n) is 2.40. The molecule has 1 aromatic rings. The molecule has 1 heterocycles. The predicted octanol–water partition coefficient (Wildman–Crippen LogP) is 3.17. The van der Waals surface area contributed by atoms with Crippen molar-refractivity contribution in [3.63, 3.8) is 0 Å². The SMILES string of the molecule is [C-]#[N+]C([N+]#[C-])=C1C=C(C)N(c2cccc(P(=O)(O)O)c2)C(C)=C1. The summed E-state index contributed by atoms with van der Waals surface area (Å²) in [5.74, 6) is -0.00711. The van der Waals surface area contributed by atoms with Crippen molar-refractivity contribution in [1.29, 1.82) is 0 Å². The lowest BCUT2D eigenvalue weighted by Crippen LogP contribution is -2.22. The van der Waals surface area contributed by atoms with Crippen LogP contribution in [0.1, 0.15) is 13.8 Å². The molecular weight excluding hydrogens is 313 g/mol. The number of rotatable bonds is 2. The first-order chi connectivity index (χ1) is 10.8. The molecule has 0 atom stereocenters. The molecule has 1 aromatic carbocycles. The van der Waals surface area contributed by atoms with Gasteiger partial charge in [0.25, 0.3) is 0 Å². The molecule has 0 fully saturated rings. The maximum absolute atomic E-state index is 11.4. The van der Waals surface area contributed by atoms with Gasteiger partial charge >= 0.3 is 13.4 Å². The van der Waals surface area contributed by atoms with Gasteiger partial charge in [-0.15, -0.1) is 0 Å². The number of benzene rings is 1. The monoisotopic (exact) mass is 327 g/mol. The lowest BCUT2D eigenvalue weighted by molar-refractivity contribution is 0.387. The van der Waals surface area contributed by atoms with Crippen LogP contribution in [0.4, 0.5) is 5.69 Å². The van der Waals surface area contributed by atoms with E-state index >= 15 is 0 Å². The summed E-state index contributed by atoms with van der Waals surface area (Å²) in [6, 6.07) is 6.15. The van der Waals surface area contributed by atoms with Crippen LogP contribution in [0.25, 0.3) is 9.69 Å². The first-order valence-corrected chi connectivity index (χ1v) is 8.21. The smallest absolute Gasteiger partial charge is 0.321 e. The lowest BCUT2D eigenvalue weighted by Gasteiger charge is -2.29. The van der Waals surface area contributed by atoms with Crippen molar-refractivity contribution >= 4 is 18.6 Å². The van der Waals surface area contributed by atoms with E-state index < -0.39 is 7.60 Å². The van der Waals surface area contributed by atoms with Crippen molar-refractivity contribution in [3.05, 3.63) is 82.0 Å². The van der Waals surface area contributed by atoms with Gasteiger partial charge in [0.2, 0.25) is 0 Å². The average molecular weight is 327 g/mol. The van der Waals surface area contributed by atoms with Crippen molar-refractivity contribution in [3.8, 4) is 0 Å². The predicted molar refractivity (Wildman–Crippen MR) is 88.3 cm³/mol. The molecule has 0 spiro atoms. The molecule has 0 unspecified atom stereocenters. The zero-order valence-electron chi connectivity index (χ0n) is 12.6. The fourth-order valence-corrected chi connectivity index (χ4v) is 2.98. The first kappa shape index (κ1) is 16.7. The Balaban J connectivity index is 2.53. The van der Waals surface area contributed by atoms with Gasteiger partial charge in [-0.2, -0.15) is 9.69 Å². The van der Waals surface area contributed by atoms with Crippen LogP contribution in [0, 0.1) is 13.1 Å². The number of nitrogens with zero attached hydrogens (tertiary/aromatic N) is 3. The van der Waals surface area contributed by atoms with Crippen LogP contribution >= 0.6 is 7.60 Å². The van der Waals surface area contributed by atoms with E-state index in [0.29, 0.717) is 11.3 Å². The molecule has 116 valence electrons. The third kappa shape index (κ3) is 3.41. The van der Waals surface area contributed by atoms with E-state index in [1.165, 1.54) is 12.1 Å². The number of anilines is 1. The summed E-state index contributed by atoms with van der Waals surface area (Å²) in [6.45, 7) is 17.7. The highest BCUT2D eigenvalue weighted by Gasteiger charge is 2.23. The second kappa shape index (κ2) is 6.24. The standard InChI is InChI=1S/C16H14N3O3P/c1-11-8-13(16(17-3)18-4)9-12(2)19(11)14-6-5-7-15(10-14)23(20,21)22/h5-10H,1-2H3,(H2,20,21,22). The van der Waals surface area contributed by atoms with Crippen LogP contribution < -0.4 is 10.2 Å². The summed E-state index contributed by atoms with van der Waals surface area (Å²) in [6.07, 6.45) is 3.42. The topological polar surface area (TPSA) is 69.5 Å². The minimum absolute atomic E-state index is 0.00711. The Morgan fingerprint density at radius 2 is 1.70 bits per heavy atom. The minimum atomic E-state index is -4.33. The first-order valence-electron chi connectivity index (χ1n) is 6.60. The van der Waals surface area contributed by atoms with Crippen molar-refractivity contribution in [2.45, 2.75) is 13.8 Å².